The molecule has 5 nitrogen and oxygen atoms in total. The molecular formula is C8H11F3N4OS. The first-order valence-electron chi connectivity index (χ1n) is 4.50. The molecule has 17 heavy (non-hydrogen) atoms. The van der Waals surface area contributed by atoms with Gasteiger partial charge in [-0.2, -0.15) is 18.2 Å². The van der Waals surface area contributed by atoms with Crippen LogP contribution in [0.3, 0.4) is 0 Å². The molecule has 0 aliphatic heterocycles. The number of aromatic nitrogens is 2. The molecular weight excluding hydrogens is 257 g/mol. The maximum absolute atomic E-state index is 12.3. The molecule has 9 heteroatoms. The summed E-state index contributed by atoms with van der Waals surface area (Å²) in [7, 11) is 0. The van der Waals surface area contributed by atoms with Gasteiger partial charge in [0.15, 0.2) is 11.3 Å². The van der Waals surface area contributed by atoms with E-state index in [0.29, 0.717) is 0 Å². The maximum Gasteiger partial charge on any atom is 0.425 e. The molecule has 0 fully saturated rings. The van der Waals surface area contributed by atoms with E-state index in [2.05, 4.69) is 20.1 Å². The minimum absolute atomic E-state index is 0.179. The van der Waals surface area contributed by atoms with E-state index < -0.39 is 12.3 Å². The zero-order valence-electron chi connectivity index (χ0n) is 9.08. The topological polar surface area (TPSA) is 73.1 Å². The molecule has 3 N–H and O–H groups in total. The Morgan fingerprint density at radius 3 is 2.59 bits per heavy atom. The Morgan fingerprint density at radius 1 is 1.47 bits per heavy atom. The van der Waals surface area contributed by atoms with Gasteiger partial charge >= 0.3 is 6.18 Å². The van der Waals surface area contributed by atoms with Gasteiger partial charge in [-0.3, -0.25) is 0 Å². The van der Waals surface area contributed by atoms with Crippen molar-refractivity contribution in [3.8, 4) is 5.88 Å². The summed E-state index contributed by atoms with van der Waals surface area (Å²) in [6.07, 6.45) is -4.70. The van der Waals surface area contributed by atoms with Crippen LogP contribution in [0.5, 0.6) is 5.88 Å². The van der Waals surface area contributed by atoms with E-state index in [1.54, 1.807) is 6.26 Å². The number of nitrogen functional groups attached to an aromatic ring is 1. The van der Waals surface area contributed by atoms with Crippen LogP contribution in [0.4, 0.5) is 19.0 Å². The monoisotopic (exact) mass is 268 g/mol. The Balaban J connectivity index is 2.90. The van der Waals surface area contributed by atoms with Gasteiger partial charge in [0, 0.05) is 6.07 Å². The number of halogens is 3. The molecule has 0 saturated heterocycles. The van der Waals surface area contributed by atoms with E-state index in [1.807, 2.05) is 0 Å². The van der Waals surface area contributed by atoms with Gasteiger partial charge in [0.05, 0.1) is 0 Å². The fourth-order valence-electron chi connectivity index (χ4n) is 0.877. The summed E-state index contributed by atoms with van der Waals surface area (Å²) >= 11 is 1.17. The predicted octanol–water partition coefficient (Wildman–Crippen LogP) is 1.81. The van der Waals surface area contributed by atoms with Crippen molar-refractivity contribution in [1.29, 1.82) is 0 Å². The number of ether oxygens (including phenoxy) is 1. The molecule has 0 radical (unpaired) electrons. The molecule has 0 aromatic carbocycles. The number of nitrogens with two attached hydrogens (primary N) is 1. The first-order chi connectivity index (χ1) is 7.86. The summed E-state index contributed by atoms with van der Waals surface area (Å²) in [6.45, 7) is 0.899. The highest BCUT2D eigenvalue weighted by Crippen LogP contribution is 2.25. The molecule has 0 bridgehead atoms. The van der Waals surface area contributed by atoms with Crippen molar-refractivity contribution in [1.82, 2.24) is 9.97 Å². The number of thioether (sulfide) groups is 1. The highest BCUT2D eigenvalue weighted by atomic mass is 32.2. The average Bonchev–Trinajstić information content (AvgIpc) is 2.27. The Hall–Kier alpha value is -1.22. The van der Waals surface area contributed by atoms with Crippen LogP contribution >= 0.6 is 11.8 Å². The number of hydrogen-bond acceptors (Lipinski definition) is 6. The molecule has 0 aliphatic carbocycles. The average molecular weight is 268 g/mol. The molecule has 0 saturated carbocycles. The van der Waals surface area contributed by atoms with E-state index in [1.165, 1.54) is 17.8 Å². The summed E-state index contributed by atoms with van der Waals surface area (Å²) in [4.78, 5) is 7.68. The van der Waals surface area contributed by atoms with Crippen molar-refractivity contribution in [2.24, 2.45) is 5.84 Å². The number of anilines is 1. The number of rotatable bonds is 4. The zero-order chi connectivity index (χ0) is 13.1. The number of hydrazine groups is 1. The predicted molar refractivity (Wildman–Crippen MR) is 57.8 cm³/mol. The third-order valence-corrected chi connectivity index (χ3v) is 2.32. The van der Waals surface area contributed by atoms with E-state index in [4.69, 9.17) is 5.84 Å². The molecule has 1 unspecified atom stereocenters. The summed E-state index contributed by atoms with van der Waals surface area (Å²) in [5.74, 6) is 5.14. The minimum Gasteiger partial charge on any atom is -0.465 e. The summed E-state index contributed by atoms with van der Waals surface area (Å²) in [6, 6.07) is 1.20. The SMILES string of the molecule is CSc1nc(NN)cc(OC(C)C(F)(F)F)n1. The van der Waals surface area contributed by atoms with Gasteiger partial charge in [-0.15, -0.1) is 0 Å². The largest absolute Gasteiger partial charge is 0.465 e. The fourth-order valence-corrected chi connectivity index (χ4v) is 1.25. The Labute approximate surface area is 99.9 Å². The Morgan fingerprint density at radius 2 is 2.12 bits per heavy atom. The quantitative estimate of drug-likeness (QED) is 0.375. The van der Waals surface area contributed by atoms with Crippen molar-refractivity contribution in [2.45, 2.75) is 24.4 Å². The minimum atomic E-state index is -4.44. The second-order valence-electron chi connectivity index (χ2n) is 3.02. The van der Waals surface area contributed by atoms with Gasteiger partial charge in [-0.1, -0.05) is 11.8 Å². The van der Waals surface area contributed by atoms with E-state index in [9.17, 15) is 13.2 Å². The highest BCUT2D eigenvalue weighted by molar-refractivity contribution is 7.98. The first kappa shape index (κ1) is 13.8. The lowest BCUT2D eigenvalue weighted by atomic mass is 10.4. The van der Waals surface area contributed by atoms with Crippen LogP contribution in [-0.4, -0.2) is 28.5 Å². The van der Waals surface area contributed by atoms with Crippen molar-refractivity contribution in [3.05, 3.63) is 6.07 Å². The Bertz CT molecular complexity index is 365. The molecule has 96 valence electrons. The van der Waals surface area contributed by atoms with Crippen molar-refractivity contribution in [2.75, 3.05) is 11.7 Å². The van der Waals surface area contributed by atoms with Crippen LogP contribution in [0.1, 0.15) is 6.92 Å². The molecule has 0 amide bonds. The van der Waals surface area contributed by atoms with Crippen LogP contribution in [0.2, 0.25) is 0 Å². The first-order valence-corrected chi connectivity index (χ1v) is 5.72. The lowest BCUT2D eigenvalue weighted by molar-refractivity contribution is -0.190. The van der Waals surface area contributed by atoms with Gasteiger partial charge in [0.1, 0.15) is 5.82 Å². The van der Waals surface area contributed by atoms with Crippen LogP contribution in [0.25, 0.3) is 0 Å². The molecule has 1 atom stereocenters. The number of nitrogens with one attached hydrogen (secondary N) is 1. The van der Waals surface area contributed by atoms with Crippen molar-refractivity contribution < 1.29 is 17.9 Å². The lowest BCUT2D eigenvalue weighted by Crippen LogP contribution is -2.31. The van der Waals surface area contributed by atoms with Gasteiger partial charge < -0.3 is 10.2 Å². The standard InChI is InChI=1S/C8H11F3N4OS/c1-4(8(9,10)11)16-6-3-5(15-12)13-7(14-6)17-2/h3-4H,12H2,1-2H3,(H,13,14,15). The highest BCUT2D eigenvalue weighted by Gasteiger charge is 2.38. The van der Waals surface area contributed by atoms with E-state index in [-0.39, 0.29) is 16.9 Å². The zero-order valence-corrected chi connectivity index (χ0v) is 9.89. The molecule has 0 spiro atoms. The van der Waals surface area contributed by atoms with E-state index >= 15 is 0 Å². The van der Waals surface area contributed by atoms with Crippen LogP contribution < -0.4 is 16.0 Å². The van der Waals surface area contributed by atoms with Crippen LogP contribution in [-0.2, 0) is 0 Å². The summed E-state index contributed by atoms with van der Waals surface area (Å²) in [5.41, 5.74) is 2.23. The van der Waals surface area contributed by atoms with E-state index in [0.717, 1.165) is 6.92 Å². The number of alkyl halides is 3. The maximum atomic E-state index is 12.3. The lowest BCUT2D eigenvalue weighted by Gasteiger charge is -2.17. The van der Waals surface area contributed by atoms with Crippen LogP contribution in [0, 0.1) is 0 Å². The van der Waals surface area contributed by atoms with Crippen molar-refractivity contribution in [3.63, 3.8) is 0 Å². The molecule has 1 aromatic rings. The van der Waals surface area contributed by atoms with Gasteiger partial charge in [0.2, 0.25) is 5.88 Å². The smallest absolute Gasteiger partial charge is 0.425 e. The summed E-state index contributed by atoms with van der Waals surface area (Å²) < 4.78 is 41.5. The molecule has 1 aromatic heterocycles. The van der Waals surface area contributed by atoms with Crippen molar-refractivity contribution >= 4 is 17.6 Å². The summed E-state index contributed by atoms with van der Waals surface area (Å²) in [5, 5.41) is 0.268. The van der Waals surface area contributed by atoms with Gasteiger partial charge in [-0.25, -0.2) is 10.8 Å². The second-order valence-corrected chi connectivity index (χ2v) is 3.80. The van der Waals surface area contributed by atoms with Crippen LogP contribution in [0.15, 0.2) is 11.2 Å². The molecule has 0 aliphatic rings. The molecule has 1 heterocycles. The number of nitrogens with zero attached hydrogens (tertiary/aromatic N) is 2. The third-order valence-electron chi connectivity index (χ3n) is 1.77. The normalized spacial score (nSPS) is 13.3. The van der Waals surface area contributed by atoms with Gasteiger partial charge in [-0.05, 0) is 13.2 Å². The van der Waals surface area contributed by atoms with Gasteiger partial charge in [0.25, 0.3) is 0 Å². The fraction of sp³-hybridized carbons (Fsp3) is 0.500. The third kappa shape index (κ3) is 3.93. The molecule has 1 rings (SSSR count). The second kappa shape index (κ2) is 5.41. The Kier molecular flexibility index (Phi) is 4.40. The number of hydrogen-bond donors (Lipinski definition) is 2.